The summed E-state index contributed by atoms with van der Waals surface area (Å²) >= 11 is 6.78. The number of carbonyl (C=O) groups excluding carboxylic acids is 1. The fraction of sp³-hybridized carbons (Fsp3) is 0.500. The maximum Gasteiger partial charge on any atom is 0.257 e. The quantitative estimate of drug-likeness (QED) is 0.682. The average Bonchev–Trinajstić information content (AvgIpc) is 2.38. The molecule has 0 aromatic heterocycles. The van der Waals surface area contributed by atoms with E-state index in [1.807, 2.05) is 30.9 Å². The number of nitrogens with zero attached hydrogens (tertiary/aromatic N) is 1. The Morgan fingerprint density at radius 2 is 2.11 bits per heavy atom. The van der Waals surface area contributed by atoms with Crippen LogP contribution in [0.15, 0.2) is 22.7 Å². The van der Waals surface area contributed by atoms with E-state index in [1.54, 1.807) is 13.2 Å². The van der Waals surface area contributed by atoms with Crippen LogP contribution in [0.4, 0.5) is 0 Å². The zero-order valence-corrected chi connectivity index (χ0v) is 14.6. The third-order valence-corrected chi connectivity index (χ3v) is 3.86. The Morgan fingerprint density at radius 1 is 1.42 bits per heavy atom. The maximum absolute atomic E-state index is 12.6. The Balaban J connectivity index is 3.02. The monoisotopic (exact) mass is 391 g/mol. The molecule has 1 amide bonds. The summed E-state index contributed by atoms with van der Waals surface area (Å²) in [6.07, 6.45) is 0.933. The molecule has 0 bridgehead atoms. The molecule has 19 heavy (non-hydrogen) atoms. The fourth-order valence-electron chi connectivity index (χ4n) is 1.82. The summed E-state index contributed by atoms with van der Waals surface area (Å²) < 4.78 is 6.20. The van der Waals surface area contributed by atoms with Crippen molar-refractivity contribution in [1.29, 1.82) is 0 Å². The van der Waals surface area contributed by atoms with Gasteiger partial charge in [0.2, 0.25) is 0 Å². The van der Waals surface area contributed by atoms with Crippen molar-refractivity contribution in [2.45, 2.75) is 26.3 Å². The molecule has 1 aromatic carbocycles. The van der Waals surface area contributed by atoms with Crippen LogP contribution >= 0.6 is 31.9 Å². The van der Waals surface area contributed by atoms with Gasteiger partial charge in [0.15, 0.2) is 0 Å². The van der Waals surface area contributed by atoms with Gasteiger partial charge in [0, 0.05) is 22.4 Å². The molecule has 0 spiro atoms. The first kappa shape index (κ1) is 16.5. The van der Waals surface area contributed by atoms with Crippen molar-refractivity contribution in [3.63, 3.8) is 0 Å². The van der Waals surface area contributed by atoms with E-state index >= 15 is 0 Å². The summed E-state index contributed by atoms with van der Waals surface area (Å²) in [6.45, 7) is 4.79. The molecule has 0 atom stereocenters. The Bertz CT molecular complexity index is 435. The molecule has 0 saturated heterocycles. The molecule has 0 aliphatic rings. The summed E-state index contributed by atoms with van der Waals surface area (Å²) in [6, 6.07) is 5.64. The van der Waals surface area contributed by atoms with Gasteiger partial charge in [-0.15, -0.1) is 0 Å². The van der Waals surface area contributed by atoms with Gasteiger partial charge in [-0.05, 0) is 38.5 Å². The number of hydrogen-bond donors (Lipinski definition) is 0. The lowest BCUT2D eigenvalue weighted by Crippen LogP contribution is -2.38. The minimum Gasteiger partial charge on any atom is -0.496 e. The number of ether oxygens (including phenoxy) is 1. The first-order valence-electron chi connectivity index (χ1n) is 6.21. The van der Waals surface area contributed by atoms with Crippen LogP contribution in [0.3, 0.4) is 0 Å². The number of carbonyl (C=O) groups is 1. The molecule has 0 fully saturated rings. The van der Waals surface area contributed by atoms with Gasteiger partial charge in [0.25, 0.3) is 5.91 Å². The SMILES string of the molecule is COc1cc(Br)ccc1C(=O)N(CCCBr)C(C)C. The zero-order chi connectivity index (χ0) is 14.4. The summed E-state index contributed by atoms with van der Waals surface area (Å²) in [7, 11) is 1.58. The molecule has 106 valence electrons. The van der Waals surface area contributed by atoms with Crippen LogP contribution in [-0.4, -0.2) is 35.8 Å². The molecule has 1 aromatic rings. The van der Waals surface area contributed by atoms with Crippen molar-refractivity contribution in [3.05, 3.63) is 28.2 Å². The smallest absolute Gasteiger partial charge is 0.257 e. The molecule has 0 unspecified atom stereocenters. The van der Waals surface area contributed by atoms with E-state index in [-0.39, 0.29) is 11.9 Å². The van der Waals surface area contributed by atoms with Gasteiger partial charge in [-0.3, -0.25) is 4.79 Å². The van der Waals surface area contributed by atoms with Gasteiger partial charge in [0.05, 0.1) is 12.7 Å². The zero-order valence-electron chi connectivity index (χ0n) is 11.5. The summed E-state index contributed by atoms with van der Waals surface area (Å²) in [5.74, 6) is 0.615. The lowest BCUT2D eigenvalue weighted by Gasteiger charge is -2.27. The summed E-state index contributed by atoms with van der Waals surface area (Å²) in [5.41, 5.74) is 0.606. The van der Waals surface area contributed by atoms with Crippen molar-refractivity contribution in [2.24, 2.45) is 0 Å². The van der Waals surface area contributed by atoms with Crippen LogP contribution in [-0.2, 0) is 0 Å². The molecule has 3 nitrogen and oxygen atoms in total. The number of rotatable bonds is 6. The van der Waals surface area contributed by atoms with Crippen LogP contribution in [0.5, 0.6) is 5.75 Å². The van der Waals surface area contributed by atoms with Crippen molar-refractivity contribution in [2.75, 3.05) is 19.0 Å². The molecule has 0 saturated carbocycles. The highest BCUT2D eigenvalue weighted by Gasteiger charge is 2.21. The van der Waals surface area contributed by atoms with Crippen LogP contribution in [0.1, 0.15) is 30.6 Å². The second kappa shape index (κ2) is 7.90. The summed E-state index contributed by atoms with van der Waals surface area (Å²) in [4.78, 5) is 14.5. The minimum atomic E-state index is 0.0142. The molecule has 0 radical (unpaired) electrons. The lowest BCUT2D eigenvalue weighted by atomic mass is 10.1. The second-order valence-corrected chi connectivity index (χ2v) is 6.19. The average molecular weight is 393 g/mol. The number of methoxy groups -OCH3 is 1. The Kier molecular flexibility index (Phi) is 6.86. The van der Waals surface area contributed by atoms with Crippen LogP contribution in [0, 0.1) is 0 Å². The van der Waals surface area contributed by atoms with E-state index in [9.17, 15) is 4.79 Å². The van der Waals surface area contributed by atoms with E-state index in [2.05, 4.69) is 31.9 Å². The standard InChI is InChI=1S/C14H19Br2NO2/c1-10(2)17(8-4-7-15)14(18)12-6-5-11(16)9-13(12)19-3/h5-6,9-10H,4,7-8H2,1-3H3. The Morgan fingerprint density at radius 3 is 2.63 bits per heavy atom. The molecule has 0 aliphatic heterocycles. The second-order valence-electron chi connectivity index (χ2n) is 4.48. The van der Waals surface area contributed by atoms with Gasteiger partial charge >= 0.3 is 0 Å². The number of hydrogen-bond acceptors (Lipinski definition) is 2. The first-order chi connectivity index (χ1) is 9.01. The predicted molar refractivity (Wildman–Crippen MR) is 85.3 cm³/mol. The van der Waals surface area contributed by atoms with Crippen molar-refractivity contribution in [3.8, 4) is 5.75 Å². The van der Waals surface area contributed by atoms with Crippen molar-refractivity contribution < 1.29 is 9.53 Å². The summed E-state index contributed by atoms with van der Waals surface area (Å²) in [5, 5.41) is 0.890. The maximum atomic E-state index is 12.6. The molecule has 1 rings (SSSR count). The Hall–Kier alpha value is -0.550. The van der Waals surface area contributed by atoms with Gasteiger partial charge in [-0.25, -0.2) is 0 Å². The van der Waals surface area contributed by atoms with E-state index in [0.717, 1.165) is 22.8 Å². The van der Waals surface area contributed by atoms with Crippen LogP contribution < -0.4 is 4.74 Å². The number of halogens is 2. The topological polar surface area (TPSA) is 29.5 Å². The Labute approximate surface area is 131 Å². The predicted octanol–water partition coefficient (Wildman–Crippen LogP) is 4.09. The molecular weight excluding hydrogens is 374 g/mol. The van der Waals surface area contributed by atoms with Gasteiger partial charge in [-0.1, -0.05) is 31.9 Å². The fourth-order valence-corrected chi connectivity index (χ4v) is 2.41. The van der Waals surface area contributed by atoms with E-state index in [4.69, 9.17) is 4.74 Å². The molecule has 0 heterocycles. The third kappa shape index (κ3) is 4.49. The van der Waals surface area contributed by atoms with Gasteiger partial charge in [-0.2, -0.15) is 0 Å². The first-order valence-corrected chi connectivity index (χ1v) is 8.13. The van der Waals surface area contributed by atoms with Crippen molar-refractivity contribution >= 4 is 37.8 Å². The number of alkyl halides is 1. The van der Waals surface area contributed by atoms with Crippen LogP contribution in [0.25, 0.3) is 0 Å². The van der Waals surface area contributed by atoms with Gasteiger partial charge < -0.3 is 9.64 Å². The lowest BCUT2D eigenvalue weighted by molar-refractivity contribution is 0.0703. The largest absolute Gasteiger partial charge is 0.496 e. The van der Waals surface area contributed by atoms with Crippen molar-refractivity contribution in [1.82, 2.24) is 4.90 Å². The molecule has 0 N–H and O–H groups in total. The highest BCUT2D eigenvalue weighted by Crippen LogP contribution is 2.25. The normalized spacial score (nSPS) is 10.6. The van der Waals surface area contributed by atoms with Gasteiger partial charge in [0.1, 0.15) is 5.75 Å². The van der Waals surface area contributed by atoms with E-state index in [0.29, 0.717) is 11.3 Å². The number of benzene rings is 1. The van der Waals surface area contributed by atoms with E-state index < -0.39 is 0 Å². The molecule has 5 heteroatoms. The molecular formula is C14H19Br2NO2. The van der Waals surface area contributed by atoms with E-state index in [1.165, 1.54) is 0 Å². The third-order valence-electron chi connectivity index (χ3n) is 2.81. The highest BCUT2D eigenvalue weighted by atomic mass is 79.9. The molecule has 0 aliphatic carbocycles. The van der Waals surface area contributed by atoms with Crippen LogP contribution in [0.2, 0.25) is 0 Å². The highest BCUT2D eigenvalue weighted by molar-refractivity contribution is 9.10. The minimum absolute atomic E-state index is 0.0142. The number of amides is 1.